The molecule has 43 heavy (non-hydrogen) atoms. The lowest BCUT2D eigenvalue weighted by atomic mass is 10.1. The number of carbonyl (C=O) groups is 3. The number of aliphatic carboxylic acids is 2. The summed E-state index contributed by atoms with van der Waals surface area (Å²) in [5.41, 5.74) is 3.63. The number of amides is 1. The van der Waals surface area contributed by atoms with Gasteiger partial charge >= 0.3 is 24.3 Å². The predicted octanol–water partition coefficient (Wildman–Crippen LogP) is 4.14. The van der Waals surface area contributed by atoms with Gasteiger partial charge in [-0.25, -0.2) is 14.3 Å². The molecule has 0 aromatic carbocycles. The molecule has 11 nitrogen and oxygen atoms in total. The van der Waals surface area contributed by atoms with E-state index < -0.39 is 24.3 Å². The van der Waals surface area contributed by atoms with Gasteiger partial charge in [-0.05, 0) is 63.0 Å². The average molecular weight is 617 g/mol. The SMILES string of the molecule is CN(C)CCCNC(=O)c1ccnn1-c1ccc2ccc(-c3cccnc3)cn12.O=C(O)C(F)(F)F.O=C(O)C(F)(F)F. The highest BCUT2D eigenvalue weighted by molar-refractivity contribution is 5.93. The number of nitrogens with one attached hydrogen (secondary N) is 1. The van der Waals surface area contributed by atoms with Gasteiger partial charge in [-0.1, -0.05) is 12.1 Å². The summed E-state index contributed by atoms with van der Waals surface area (Å²) in [6.07, 6.45) is -1.97. The van der Waals surface area contributed by atoms with Crippen LogP contribution in [0.1, 0.15) is 16.9 Å². The summed E-state index contributed by atoms with van der Waals surface area (Å²) in [6.45, 7) is 1.56. The number of carboxylic acids is 2. The molecule has 0 radical (unpaired) electrons. The second kappa shape index (κ2) is 14.8. The first kappa shape index (κ1) is 34.3. The van der Waals surface area contributed by atoms with E-state index in [0.29, 0.717) is 12.2 Å². The topological polar surface area (TPSA) is 142 Å². The molecule has 232 valence electrons. The van der Waals surface area contributed by atoms with Crippen molar-refractivity contribution in [2.45, 2.75) is 18.8 Å². The van der Waals surface area contributed by atoms with Gasteiger partial charge in [0.05, 0.1) is 6.20 Å². The van der Waals surface area contributed by atoms with Crippen molar-refractivity contribution in [2.24, 2.45) is 0 Å². The lowest BCUT2D eigenvalue weighted by molar-refractivity contribution is -0.193. The molecule has 0 aliphatic heterocycles. The van der Waals surface area contributed by atoms with E-state index in [1.165, 1.54) is 0 Å². The molecule has 3 N–H and O–H groups in total. The lowest BCUT2D eigenvalue weighted by Gasteiger charge is -2.11. The van der Waals surface area contributed by atoms with Gasteiger partial charge in [0.1, 0.15) is 11.5 Å². The summed E-state index contributed by atoms with van der Waals surface area (Å²) in [6, 6.07) is 13.8. The zero-order valence-corrected chi connectivity index (χ0v) is 22.6. The number of carbonyl (C=O) groups excluding carboxylic acids is 1. The zero-order valence-electron chi connectivity index (χ0n) is 22.6. The molecule has 0 fully saturated rings. The Labute approximate surface area is 240 Å². The maximum Gasteiger partial charge on any atom is 0.490 e. The third-order valence-electron chi connectivity index (χ3n) is 5.27. The van der Waals surface area contributed by atoms with Gasteiger partial charge in [-0.3, -0.25) is 9.78 Å². The summed E-state index contributed by atoms with van der Waals surface area (Å²) in [7, 11) is 4.04. The number of pyridine rings is 2. The summed E-state index contributed by atoms with van der Waals surface area (Å²) < 4.78 is 67.2. The Kier molecular flexibility index (Phi) is 11.8. The number of aromatic nitrogens is 4. The number of halogens is 6. The molecule has 1 amide bonds. The molecule has 4 aromatic rings. The van der Waals surface area contributed by atoms with E-state index in [9.17, 15) is 31.1 Å². The Morgan fingerprint density at radius 1 is 0.884 bits per heavy atom. The van der Waals surface area contributed by atoms with E-state index in [-0.39, 0.29) is 5.91 Å². The van der Waals surface area contributed by atoms with Crippen molar-refractivity contribution >= 4 is 23.4 Å². The van der Waals surface area contributed by atoms with Crippen LogP contribution in [0.5, 0.6) is 0 Å². The maximum absolute atomic E-state index is 12.7. The Morgan fingerprint density at radius 3 is 2.02 bits per heavy atom. The molecule has 0 spiro atoms. The zero-order chi connectivity index (χ0) is 32.4. The van der Waals surface area contributed by atoms with Crippen LogP contribution in [0.4, 0.5) is 26.3 Å². The Morgan fingerprint density at radius 2 is 1.49 bits per heavy atom. The van der Waals surface area contributed by atoms with E-state index in [2.05, 4.69) is 32.4 Å². The van der Waals surface area contributed by atoms with Crippen LogP contribution in [0.25, 0.3) is 22.5 Å². The molecule has 4 aromatic heterocycles. The molecule has 0 saturated heterocycles. The second-order valence-electron chi connectivity index (χ2n) is 8.79. The first-order chi connectivity index (χ1) is 20.0. The minimum Gasteiger partial charge on any atom is -0.475 e. The van der Waals surface area contributed by atoms with Gasteiger partial charge in [0.15, 0.2) is 0 Å². The molecule has 0 unspecified atom stereocenters. The minimum atomic E-state index is -5.08. The van der Waals surface area contributed by atoms with Crippen LogP contribution in [0.3, 0.4) is 0 Å². The molecule has 0 aliphatic rings. The number of alkyl halides is 6. The second-order valence-corrected chi connectivity index (χ2v) is 8.79. The van der Waals surface area contributed by atoms with Crippen LogP contribution in [0.2, 0.25) is 0 Å². The molecule has 4 heterocycles. The Hall–Kier alpha value is -4.93. The molecule has 17 heteroatoms. The van der Waals surface area contributed by atoms with Gasteiger partial charge in [-0.15, -0.1) is 0 Å². The van der Waals surface area contributed by atoms with E-state index in [0.717, 1.165) is 35.4 Å². The van der Waals surface area contributed by atoms with E-state index in [1.54, 1.807) is 23.1 Å². The fourth-order valence-corrected chi connectivity index (χ4v) is 3.31. The highest BCUT2D eigenvalue weighted by atomic mass is 19.4. The predicted molar refractivity (Wildman–Crippen MR) is 141 cm³/mol. The van der Waals surface area contributed by atoms with Gasteiger partial charge in [-0.2, -0.15) is 31.4 Å². The van der Waals surface area contributed by atoms with Crippen LogP contribution in [0, 0.1) is 0 Å². The van der Waals surface area contributed by atoms with E-state index in [4.69, 9.17) is 19.8 Å². The fraction of sp³-hybridized carbons (Fsp3) is 0.269. The smallest absolute Gasteiger partial charge is 0.475 e. The normalized spacial score (nSPS) is 11.3. The number of carboxylic acid groups (broad SMARTS) is 2. The quantitative estimate of drug-likeness (QED) is 0.208. The van der Waals surface area contributed by atoms with Crippen LogP contribution < -0.4 is 5.32 Å². The monoisotopic (exact) mass is 616 g/mol. The number of hydrogen-bond acceptors (Lipinski definition) is 6. The molecule has 0 bridgehead atoms. The van der Waals surface area contributed by atoms with Crippen LogP contribution in [0.15, 0.2) is 67.3 Å². The summed E-state index contributed by atoms with van der Waals surface area (Å²) >= 11 is 0. The van der Waals surface area contributed by atoms with E-state index >= 15 is 0 Å². The van der Waals surface area contributed by atoms with Crippen LogP contribution in [-0.4, -0.2) is 91.7 Å². The first-order valence-corrected chi connectivity index (χ1v) is 12.1. The Balaban J connectivity index is 0.000000384. The largest absolute Gasteiger partial charge is 0.490 e. The van der Waals surface area contributed by atoms with Gasteiger partial charge in [0.2, 0.25) is 0 Å². The lowest BCUT2D eigenvalue weighted by Crippen LogP contribution is -2.29. The third kappa shape index (κ3) is 10.4. The first-order valence-electron chi connectivity index (χ1n) is 12.1. The summed E-state index contributed by atoms with van der Waals surface area (Å²) in [4.78, 5) is 36.8. The molecular formula is C26H26F6N6O5. The number of nitrogens with zero attached hydrogens (tertiary/aromatic N) is 5. The van der Waals surface area contributed by atoms with Crippen molar-refractivity contribution < 1.29 is 50.9 Å². The highest BCUT2D eigenvalue weighted by Gasteiger charge is 2.38. The van der Waals surface area contributed by atoms with Gasteiger partial charge < -0.3 is 24.8 Å². The van der Waals surface area contributed by atoms with Crippen molar-refractivity contribution in [1.29, 1.82) is 0 Å². The van der Waals surface area contributed by atoms with Crippen molar-refractivity contribution in [1.82, 2.24) is 29.4 Å². The maximum atomic E-state index is 12.7. The van der Waals surface area contributed by atoms with Crippen molar-refractivity contribution in [3.8, 4) is 16.9 Å². The molecule has 0 aliphatic carbocycles. The molecule has 0 saturated carbocycles. The van der Waals surface area contributed by atoms with Gasteiger partial charge in [0.25, 0.3) is 5.91 Å². The fourth-order valence-electron chi connectivity index (χ4n) is 3.31. The number of hydrogen-bond donors (Lipinski definition) is 3. The summed E-state index contributed by atoms with van der Waals surface area (Å²) in [5, 5.41) is 21.6. The minimum absolute atomic E-state index is 0.125. The Bertz CT molecular complexity index is 1490. The van der Waals surface area contributed by atoms with Crippen molar-refractivity contribution in [2.75, 3.05) is 27.2 Å². The number of rotatable bonds is 7. The summed E-state index contributed by atoms with van der Waals surface area (Å²) in [5.74, 6) is -4.83. The number of fused-ring (bicyclic) bond motifs is 1. The molecular weight excluding hydrogens is 590 g/mol. The standard InChI is InChI=1S/C22H24N6O.2C2HF3O2/c1-26(2)14-4-12-24-22(29)20-10-13-25-28(20)21-9-8-19-7-6-18(16-27(19)21)17-5-3-11-23-15-17;2*3-2(4,5)1(6)7/h3,5-11,13,15-16H,4,12,14H2,1-2H3,(H,24,29);2*(H,6,7). The van der Waals surface area contributed by atoms with Gasteiger partial charge in [0, 0.05) is 36.2 Å². The molecule has 4 rings (SSSR count). The van der Waals surface area contributed by atoms with Crippen molar-refractivity contribution in [3.63, 3.8) is 0 Å². The van der Waals surface area contributed by atoms with E-state index in [1.807, 2.05) is 55.2 Å². The average Bonchev–Trinajstić information content (AvgIpc) is 3.58. The van der Waals surface area contributed by atoms with Crippen molar-refractivity contribution in [3.05, 3.63) is 72.9 Å². The molecule has 0 atom stereocenters. The highest BCUT2D eigenvalue weighted by Crippen LogP contribution is 2.23. The van der Waals surface area contributed by atoms with Crippen LogP contribution in [-0.2, 0) is 9.59 Å². The van der Waals surface area contributed by atoms with Crippen LogP contribution >= 0.6 is 0 Å². The third-order valence-corrected chi connectivity index (χ3v) is 5.27.